The van der Waals surface area contributed by atoms with E-state index in [0.29, 0.717) is 28.8 Å². The second-order valence-electron chi connectivity index (χ2n) is 8.17. The van der Waals surface area contributed by atoms with Crippen LogP contribution in [0.4, 0.5) is 17.1 Å². The van der Waals surface area contributed by atoms with Crippen molar-refractivity contribution in [2.24, 2.45) is 0 Å². The second-order valence-corrected chi connectivity index (χ2v) is 12.6. The van der Waals surface area contributed by atoms with Gasteiger partial charge in [-0.05, 0) is 80.1 Å². The molecule has 3 aromatic rings. The van der Waals surface area contributed by atoms with Crippen LogP contribution >= 0.6 is 23.2 Å². The first kappa shape index (κ1) is 29.6. The molecule has 204 valence electrons. The van der Waals surface area contributed by atoms with Gasteiger partial charge in [-0.25, -0.2) is 16.8 Å². The molecule has 0 fully saturated rings. The molecule has 0 unspecified atom stereocenters. The molecule has 0 saturated heterocycles. The van der Waals surface area contributed by atoms with Crippen LogP contribution in [-0.2, 0) is 24.8 Å². The molecule has 38 heavy (non-hydrogen) atoms. The highest BCUT2D eigenvalue weighted by Gasteiger charge is 2.21. The summed E-state index contributed by atoms with van der Waals surface area (Å²) in [6.45, 7) is 2.37. The number of nitrogens with one attached hydrogen (secondary N) is 2. The molecular weight excluding hydrogens is 573 g/mol. The Bertz CT molecular complexity index is 1480. The molecule has 3 aromatic carbocycles. The molecule has 3 rings (SSSR count). The smallest absolute Gasteiger partial charge is 0.261 e. The van der Waals surface area contributed by atoms with Gasteiger partial charge in [0, 0.05) is 29.4 Å². The van der Waals surface area contributed by atoms with Gasteiger partial charge in [0.2, 0.25) is 15.9 Å². The van der Waals surface area contributed by atoms with Crippen LogP contribution in [0.2, 0.25) is 10.0 Å². The van der Waals surface area contributed by atoms with Gasteiger partial charge in [0.15, 0.2) is 0 Å². The molecule has 2 N–H and O–H groups in total. The minimum atomic E-state index is -3.84. The van der Waals surface area contributed by atoms with Crippen LogP contribution in [0.5, 0.6) is 5.75 Å². The number of nitrogens with zero attached hydrogens (tertiary/aromatic N) is 1. The standard InChI is InChI=1S/C25H27Cl2N3O6S2/c1-3-36-21-11-7-20(8-12-21)29-38(34,35)22-13-9-19(10-14-22)28-25(31)5-4-16-30(37(2,32)33)24-17-18(26)6-15-23(24)27/h6-15,17,29H,3-5,16H2,1-2H3,(H,28,31). The van der Waals surface area contributed by atoms with Gasteiger partial charge in [0.1, 0.15) is 5.75 Å². The zero-order valence-electron chi connectivity index (χ0n) is 20.6. The zero-order chi connectivity index (χ0) is 27.9. The fraction of sp³-hybridized carbons (Fsp3) is 0.240. The molecule has 0 spiro atoms. The molecule has 0 aliphatic carbocycles. The van der Waals surface area contributed by atoms with Crippen molar-refractivity contribution in [2.75, 3.05) is 33.8 Å². The summed E-state index contributed by atoms with van der Waals surface area (Å²) in [5.74, 6) is 0.270. The summed E-state index contributed by atoms with van der Waals surface area (Å²) < 4.78 is 58.9. The van der Waals surface area contributed by atoms with Crippen LogP contribution in [-0.4, -0.2) is 42.2 Å². The van der Waals surface area contributed by atoms with Crippen molar-refractivity contribution in [3.05, 3.63) is 76.8 Å². The molecule has 13 heteroatoms. The Morgan fingerprint density at radius 2 is 1.55 bits per heavy atom. The van der Waals surface area contributed by atoms with Crippen molar-refractivity contribution in [1.82, 2.24) is 0 Å². The van der Waals surface area contributed by atoms with Gasteiger partial charge in [-0.1, -0.05) is 23.2 Å². The minimum Gasteiger partial charge on any atom is -0.494 e. The fourth-order valence-corrected chi connectivity index (χ4v) is 5.93. The van der Waals surface area contributed by atoms with E-state index in [4.69, 9.17) is 27.9 Å². The Hall–Kier alpha value is -2.99. The maximum Gasteiger partial charge on any atom is 0.261 e. The van der Waals surface area contributed by atoms with Crippen molar-refractivity contribution < 1.29 is 26.4 Å². The molecule has 9 nitrogen and oxygen atoms in total. The number of hydrogen-bond donors (Lipinski definition) is 2. The number of carbonyl (C=O) groups excluding carboxylic acids is 1. The van der Waals surface area contributed by atoms with Gasteiger partial charge in [0.25, 0.3) is 10.0 Å². The zero-order valence-corrected chi connectivity index (χ0v) is 23.8. The van der Waals surface area contributed by atoms with Gasteiger partial charge in [-0.3, -0.25) is 13.8 Å². The molecule has 0 aliphatic heterocycles. The fourth-order valence-electron chi connectivity index (χ4n) is 3.47. The summed E-state index contributed by atoms with van der Waals surface area (Å²) in [5.41, 5.74) is 1.01. The average Bonchev–Trinajstić information content (AvgIpc) is 2.84. The molecule has 0 aromatic heterocycles. The lowest BCUT2D eigenvalue weighted by atomic mass is 10.2. The predicted octanol–water partition coefficient (Wildman–Crippen LogP) is 5.38. The third kappa shape index (κ3) is 8.26. The predicted molar refractivity (Wildman–Crippen MR) is 151 cm³/mol. The van der Waals surface area contributed by atoms with Gasteiger partial charge in [-0.15, -0.1) is 0 Å². The highest BCUT2D eigenvalue weighted by molar-refractivity contribution is 7.92. The van der Waals surface area contributed by atoms with Crippen molar-refractivity contribution in [2.45, 2.75) is 24.7 Å². The summed E-state index contributed by atoms with van der Waals surface area (Å²) in [7, 11) is -7.51. The number of benzene rings is 3. The van der Waals surface area contributed by atoms with E-state index in [1.165, 1.54) is 36.4 Å². The summed E-state index contributed by atoms with van der Waals surface area (Å²) >= 11 is 12.1. The molecule has 0 heterocycles. The topological polar surface area (TPSA) is 122 Å². The lowest BCUT2D eigenvalue weighted by Crippen LogP contribution is -2.31. The van der Waals surface area contributed by atoms with Crippen molar-refractivity contribution in [3.8, 4) is 5.75 Å². The summed E-state index contributed by atoms with van der Waals surface area (Å²) in [6, 6.07) is 16.7. The number of halogens is 2. The number of sulfonamides is 2. The van der Waals surface area contributed by atoms with E-state index < -0.39 is 20.0 Å². The first-order valence-electron chi connectivity index (χ1n) is 11.5. The van der Waals surface area contributed by atoms with E-state index in [1.807, 2.05) is 6.92 Å². The SMILES string of the molecule is CCOc1ccc(NS(=O)(=O)c2ccc(NC(=O)CCCN(c3cc(Cl)ccc3Cl)S(C)(=O)=O)cc2)cc1. The molecule has 0 aliphatic rings. The van der Waals surface area contributed by atoms with E-state index >= 15 is 0 Å². The Kier molecular flexibility index (Phi) is 9.88. The van der Waals surface area contributed by atoms with Crippen LogP contribution in [0.1, 0.15) is 19.8 Å². The van der Waals surface area contributed by atoms with Gasteiger partial charge >= 0.3 is 0 Å². The van der Waals surface area contributed by atoms with E-state index in [2.05, 4.69) is 10.0 Å². The molecule has 0 radical (unpaired) electrons. The third-order valence-corrected chi connectivity index (χ3v) is 8.34. The van der Waals surface area contributed by atoms with Gasteiger partial charge < -0.3 is 10.1 Å². The maximum atomic E-state index is 12.7. The number of ether oxygens (including phenoxy) is 1. The van der Waals surface area contributed by atoms with Crippen LogP contribution < -0.4 is 19.1 Å². The Balaban J connectivity index is 1.57. The largest absolute Gasteiger partial charge is 0.494 e. The normalized spacial score (nSPS) is 11.6. The Labute approximate surface area is 232 Å². The van der Waals surface area contributed by atoms with Crippen molar-refractivity contribution >= 4 is 66.2 Å². The number of hydrogen-bond acceptors (Lipinski definition) is 6. The number of anilines is 3. The Morgan fingerprint density at radius 1 is 0.921 bits per heavy atom. The summed E-state index contributed by atoms with van der Waals surface area (Å²) in [5, 5.41) is 3.23. The summed E-state index contributed by atoms with van der Waals surface area (Å²) in [4.78, 5) is 12.5. The lowest BCUT2D eigenvalue weighted by Gasteiger charge is -2.23. The molecule has 1 amide bonds. The lowest BCUT2D eigenvalue weighted by molar-refractivity contribution is -0.116. The second kappa shape index (κ2) is 12.7. The number of rotatable bonds is 12. The number of carbonyl (C=O) groups is 1. The van der Waals surface area contributed by atoms with E-state index in [9.17, 15) is 21.6 Å². The van der Waals surface area contributed by atoms with Crippen LogP contribution in [0.25, 0.3) is 0 Å². The maximum absolute atomic E-state index is 12.7. The van der Waals surface area contributed by atoms with Crippen LogP contribution in [0, 0.1) is 0 Å². The summed E-state index contributed by atoms with van der Waals surface area (Å²) in [6.07, 6.45) is 1.27. The molecule has 0 saturated carbocycles. The first-order chi connectivity index (χ1) is 17.9. The quantitative estimate of drug-likeness (QED) is 0.288. The third-order valence-electron chi connectivity index (χ3n) is 5.21. The highest BCUT2D eigenvalue weighted by Crippen LogP contribution is 2.31. The molecular formula is C25H27Cl2N3O6S2. The van der Waals surface area contributed by atoms with E-state index in [1.54, 1.807) is 30.3 Å². The van der Waals surface area contributed by atoms with E-state index in [-0.39, 0.29) is 40.9 Å². The number of amides is 1. The molecule has 0 bridgehead atoms. The minimum absolute atomic E-state index is 0.0146. The van der Waals surface area contributed by atoms with E-state index in [0.717, 1.165) is 10.6 Å². The van der Waals surface area contributed by atoms with Gasteiger partial charge in [-0.2, -0.15) is 0 Å². The van der Waals surface area contributed by atoms with Crippen LogP contribution in [0.3, 0.4) is 0 Å². The highest BCUT2D eigenvalue weighted by atomic mass is 35.5. The molecule has 0 atom stereocenters. The average molecular weight is 601 g/mol. The van der Waals surface area contributed by atoms with Gasteiger partial charge in [0.05, 0.1) is 28.5 Å². The van der Waals surface area contributed by atoms with Crippen LogP contribution in [0.15, 0.2) is 71.6 Å². The van der Waals surface area contributed by atoms with Crippen molar-refractivity contribution in [3.63, 3.8) is 0 Å². The first-order valence-corrected chi connectivity index (χ1v) is 15.6. The Morgan fingerprint density at radius 3 is 2.16 bits per heavy atom. The van der Waals surface area contributed by atoms with Crippen molar-refractivity contribution in [1.29, 1.82) is 0 Å². The monoisotopic (exact) mass is 599 g/mol.